The fourth-order valence-electron chi connectivity index (χ4n) is 4.36. The van der Waals surface area contributed by atoms with Gasteiger partial charge < -0.3 is 52.3 Å². The first-order valence-corrected chi connectivity index (χ1v) is 13.2. The highest BCUT2D eigenvalue weighted by Crippen LogP contribution is 2.31. The number of ketones is 1. The Labute approximate surface area is 241 Å². The van der Waals surface area contributed by atoms with Crippen LogP contribution in [0.5, 0.6) is 11.5 Å². The minimum absolute atomic E-state index is 0.0187. The summed E-state index contributed by atoms with van der Waals surface area (Å²) in [5, 5.41) is 56.9. The van der Waals surface area contributed by atoms with Crippen molar-refractivity contribution in [3.63, 3.8) is 0 Å². The van der Waals surface area contributed by atoms with E-state index < -0.39 is 53.3 Å². The molecule has 2 fully saturated rings. The average Bonchev–Trinajstić information content (AvgIpc) is 3.60. The van der Waals surface area contributed by atoms with Crippen LogP contribution in [0.2, 0.25) is 0 Å². The molecule has 0 radical (unpaired) electrons. The highest BCUT2D eigenvalue weighted by molar-refractivity contribution is 6.10. The summed E-state index contributed by atoms with van der Waals surface area (Å²) in [6, 6.07) is 2.32. The lowest BCUT2D eigenvalue weighted by molar-refractivity contribution is -0.188. The molecule has 11 N–H and O–H groups in total. The summed E-state index contributed by atoms with van der Waals surface area (Å²) in [5.41, 5.74) is 9.47. The zero-order valence-electron chi connectivity index (χ0n) is 23.3. The Morgan fingerprint density at radius 2 is 1.71 bits per heavy atom. The van der Waals surface area contributed by atoms with Gasteiger partial charge >= 0.3 is 23.9 Å². The Hall–Kier alpha value is -3.83. The van der Waals surface area contributed by atoms with Gasteiger partial charge in [0.1, 0.15) is 12.1 Å². The summed E-state index contributed by atoms with van der Waals surface area (Å²) in [7, 11) is 1.43. The summed E-state index contributed by atoms with van der Waals surface area (Å²) in [6.07, 6.45) is 2.94. The van der Waals surface area contributed by atoms with Gasteiger partial charge in [0.15, 0.2) is 17.3 Å². The number of hydrogen-bond acceptors (Lipinski definition) is 12. The van der Waals surface area contributed by atoms with Gasteiger partial charge in [-0.05, 0) is 69.2 Å². The van der Waals surface area contributed by atoms with Crippen LogP contribution >= 0.6 is 0 Å². The van der Waals surface area contributed by atoms with Gasteiger partial charge in [-0.1, -0.05) is 6.07 Å². The van der Waals surface area contributed by atoms with Gasteiger partial charge in [0.25, 0.3) is 0 Å². The first kappa shape index (κ1) is 36.2. The quantitative estimate of drug-likeness (QED) is 0.138. The van der Waals surface area contributed by atoms with Crippen LogP contribution in [0.15, 0.2) is 18.2 Å². The van der Waals surface area contributed by atoms with Crippen molar-refractivity contribution in [2.45, 2.75) is 75.0 Å². The number of rotatable bonds is 12. The first-order chi connectivity index (χ1) is 19.7. The highest BCUT2D eigenvalue weighted by Gasteiger charge is 2.56. The van der Waals surface area contributed by atoms with E-state index >= 15 is 0 Å². The molecule has 0 spiro atoms. The third kappa shape index (κ3) is 10.5. The van der Waals surface area contributed by atoms with E-state index in [0.29, 0.717) is 35.6 Å². The lowest BCUT2D eigenvalue weighted by Gasteiger charge is -2.30. The maximum atomic E-state index is 12.2. The van der Waals surface area contributed by atoms with Crippen molar-refractivity contribution in [3.8, 4) is 11.5 Å². The zero-order valence-corrected chi connectivity index (χ0v) is 23.3. The largest absolute Gasteiger partial charge is 0.504 e. The van der Waals surface area contributed by atoms with Crippen molar-refractivity contribution in [1.29, 1.82) is 0 Å². The van der Waals surface area contributed by atoms with E-state index in [1.807, 2.05) is 0 Å². The van der Waals surface area contributed by atoms with Gasteiger partial charge in [0.05, 0.1) is 13.2 Å². The Kier molecular flexibility index (Phi) is 14.8. The molecule has 2 aliphatic rings. The molecule has 42 heavy (non-hydrogen) atoms. The molecule has 0 bridgehead atoms. The molecule has 0 aliphatic carbocycles. The Morgan fingerprint density at radius 1 is 1.07 bits per heavy atom. The summed E-state index contributed by atoms with van der Waals surface area (Å²) in [6.45, 7) is 0.974. The van der Waals surface area contributed by atoms with Crippen molar-refractivity contribution >= 4 is 29.7 Å². The normalized spacial score (nSPS) is 21.1. The number of hydrogen-bond donors (Lipinski definition) is 9. The minimum atomic E-state index is -1.72. The molecule has 2 saturated heterocycles. The van der Waals surface area contributed by atoms with Gasteiger partial charge in [-0.25, -0.2) is 4.79 Å². The van der Waals surface area contributed by atoms with Crippen LogP contribution in [-0.2, 0) is 30.4 Å². The molecule has 4 unspecified atom stereocenters. The molecular formula is C26H40N4O12. The first-order valence-electron chi connectivity index (χ1n) is 13.2. The zero-order chi connectivity index (χ0) is 32.0. The number of benzene rings is 1. The molecule has 2 heterocycles. The number of aromatic hydroxyl groups is 1. The Morgan fingerprint density at radius 3 is 2.17 bits per heavy atom. The molecule has 4 atom stereocenters. The van der Waals surface area contributed by atoms with Crippen molar-refractivity contribution in [2.75, 3.05) is 20.2 Å². The Balaban J connectivity index is 0.000000322. The van der Waals surface area contributed by atoms with Gasteiger partial charge in [0.2, 0.25) is 5.54 Å². The smallest absolute Gasteiger partial charge is 0.334 e. The summed E-state index contributed by atoms with van der Waals surface area (Å²) < 4.78 is 4.89. The van der Waals surface area contributed by atoms with Crippen LogP contribution in [0.3, 0.4) is 0 Å². The number of carbonyl (C=O) groups is 5. The molecular weight excluding hydrogens is 560 g/mol. The molecule has 3 rings (SSSR count). The number of phenolic OH excluding ortho intramolecular Hbond substituents is 1. The molecule has 236 valence electrons. The average molecular weight is 601 g/mol. The van der Waals surface area contributed by atoms with Crippen molar-refractivity contribution in [3.05, 3.63) is 23.8 Å². The highest BCUT2D eigenvalue weighted by atomic mass is 16.5. The predicted molar refractivity (Wildman–Crippen MR) is 145 cm³/mol. The third-order valence-corrected chi connectivity index (χ3v) is 6.73. The number of Topliss-reactive ketones (excluding diaryl/α,β-unsaturated/α-hetero) is 1. The van der Waals surface area contributed by atoms with E-state index in [4.69, 9.17) is 31.5 Å². The molecule has 0 saturated carbocycles. The minimum Gasteiger partial charge on any atom is -0.504 e. The van der Waals surface area contributed by atoms with Crippen molar-refractivity contribution in [1.82, 2.24) is 10.4 Å². The lowest BCUT2D eigenvalue weighted by atomic mass is 9.87. The van der Waals surface area contributed by atoms with Crippen LogP contribution in [0, 0.1) is 0 Å². The number of aliphatic carboxylic acids is 4. The molecule has 16 nitrogen and oxygen atoms in total. The fraction of sp³-hybridized carbons (Fsp3) is 0.577. The number of nitrogens with two attached hydrogens (primary N) is 2. The number of nitrogens with zero attached hydrogens (tertiary/aromatic N) is 1. The number of ether oxygens (including phenoxy) is 1. The maximum Gasteiger partial charge on any atom is 0.334 e. The van der Waals surface area contributed by atoms with Crippen molar-refractivity contribution in [2.24, 2.45) is 11.5 Å². The SMILES string of the molecule is COc1cc(CC(N)C(=O)O)ccc1O.NC(CCCC(=O)O)C(=O)O.O=C(O)C1(C(=O)C2CCCN2)CCCN1O. The monoisotopic (exact) mass is 600 g/mol. The number of carboxylic acid groups (broad SMARTS) is 4. The lowest BCUT2D eigenvalue weighted by Crippen LogP contribution is -2.60. The van der Waals surface area contributed by atoms with Gasteiger partial charge in [-0.15, -0.1) is 0 Å². The topological polar surface area (TPSA) is 283 Å². The summed E-state index contributed by atoms with van der Waals surface area (Å²) in [4.78, 5) is 54.0. The molecule has 1 aromatic carbocycles. The number of hydroxylamine groups is 2. The molecule has 2 aliphatic heterocycles. The van der Waals surface area contributed by atoms with E-state index in [-0.39, 0.29) is 38.0 Å². The number of nitrogens with one attached hydrogen (secondary N) is 1. The van der Waals surface area contributed by atoms with E-state index in [2.05, 4.69) is 5.32 Å². The predicted octanol–water partition coefficient (Wildman–Crippen LogP) is -0.376. The van der Waals surface area contributed by atoms with E-state index in [1.165, 1.54) is 13.2 Å². The number of carboxylic acids is 4. The van der Waals surface area contributed by atoms with Crippen LogP contribution in [-0.4, -0.2) is 109 Å². The number of methoxy groups -OCH3 is 1. The second-order valence-electron chi connectivity index (χ2n) is 9.79. The summed E-state index contributed by atoms with van der Waals surface area (Å²) >= 11 is 0. The van der Waals surface area contributed by atoms with E-state index in [9.17, 15) is 39.4 Å². The second-order valence-corrected chi connectivity index (χ2v) is 9.79. The summed E-state index contributed by atoms with van der Waals surface area (Å²) in [5.74, 6) is -4.39. The molecule has 1 aromatic rings. The van der Waals surface area contributed by atoms with Gasteiger partial charge in [-0.3, -0.25) is 19.2 Å². The molecule has 0 amide bonds. The second kappa shape index (κ2) is 17.2. The van der Waals surface area contributed by atoms with Crippen LogP contribution in [0.25, 0.3) is 0 Å². The van der Waals surface area contributed by atoms with Crippen LogP contribution in [0.1, 0.15) is 50.5 Å². The van der Waals surface area contributed by atoms with E-state index in [1.54, 1.807) is 12.1 Å². The van der Waals surface area contributed by atoms with Gasteiger partial charge in [0, 0.05) is 13.0 Å². The van der Waals surface area contributed by atoms with E-state index in [0.717, 1.165) is 13.0 Å². The van der Waals surface area contributed by atoms with Gasteiger partial charge in [-0.2, -0.15) is 5.06 Å². The number of carbonyl (C=O) groups excluding carboxylic acids is 1. The molecule has 0 aromatic heterocycles. The van der Waals surface area contributed by atoms with Crippen LogP contribution < -0.4 is 21.5 Å². The Bertz CT molecular complexity index is 1100. The molecule has 16 heteroatoms. The number of phenols is 1. The van der Waals surface area contributed by atoms with Crippen LogP contribution in [0.4, 0.5) is 0 Å². The van der Waals surface area contributed by atoms with Crippen molar-refractivity contribution < 1.29 is 59.4 Å². The third-order valence-electron chi connectivity index (χ3n) is 6.73. The fourth-order valence-corrected chi connectivity index (χ4v) is 4.36. The standard InChI is InChI=1S/C10H16N2O4.C10H13NO4.C6H11NO4/c13-8(7-3-1-5-11-7)10(9(14)15)4-2-6-12(10)16;1-15-9-5-6(2-3-8(9)12)4-7(11)10(13)14;7-4(6(10)11)2-1-3-5(8)9/h7,11,16H,1-6H2,(H,14,15);2-3,5,7,12H,4,11H2,1H3,(H,13,14);4H,1-3,7H2,(H,8,9)(H,10,11). The maximum absolute atomic E-state index is 12.2.